The average Bonchev–Trinajstić information content (AvgIpc) is 2.04. The predicted molar refractivity (Wildman–Crippen MR) is 51.1 cm³/mol. The first-order chi connectivity index (χ1) is 5.61. The fraction of sp³-hybridized carbons (Fsp3) is 0. The van der Waals surface area contributed by atoms with E-state index in [4.69, 9.17) is 15.8 Å². The van der Waals surface area contributed by atoms with Gasteiger partial charge < -0.3 is 15.8 Å². The summed E-state index contributed by atoms with van der Waals surface area (Å²) < 4.78 is 0. The zero-order valence-electron chi connectivity index (χ0n) is 6.27. The molecule has 0 fully saturated rings. The fourth-order valence-electron chi connectivity index (χ4n) is 0.820. The lowest BCUT2D eigenvalue weighted by Crippen LogP contribution is -2.29. The highest BCUT2D eigenvalue weighted by molar-refractivity contribution is 6.58. The van der Waals surface area contributed by atoms with E-state index in [1.165, 1.54) is 24.3 Å². The summed E-state index contributed by atoms with van der Waals surface area (Å²) in [6.45, 7) is 0. The molecule has 1 aromatic carbocycles. The van der Waals surface area contributed by atoms with Crippen LogP contribution in [0.15, 0.2) is 24.3 Å². The highest BCUT2D eigenvalue weighted by Crippen LogP contribution is 1.94. The molecule has 5 heteroatoms. The summed E-state index contributed by atoms with van der Waals surface area (Å²) in [6.07, 6.45) is 0. The molecule has 0 saturated carbocycles. The summed E-state index contributed by atoms with van der Waals surface area (Å²) in [6, 6.07) is 5.75. The molecule has 0 radical (unpaired) electrons. The third-order valence-electron chi connectivity index (χ3n) is 1.49. The van der Waals surface area contributed by atoms with Crippen molar-refractivity contribution in [3.63, 3.8) is 0 Å². The van der Waals surface area contributed by atoms with Gasteiger partial charge in [0.1, 0.15) is 0 Å². The molecule has 0 unspecified atom stereocenters. The maximum absolute atomic E-state index is 10.6. The number of carbonyl (C=O) groups excluding carboxylic acids is 1. The van der Waals surface area contributed by atoms with Crippen LogP contribution in [0.2, 0.25) is 0 Å². The van der Waals surface area contributed by atoms with E-state index in [1.807, 2.05) is 0 Å². The van der Waals surface area contributed by atoms with Crippen LogP contribution in [-0.2, 0) is 0 Å². The van der Waals surface area contributed by atoms with Crippen LogP contribution in [0.3, 0.4) is 0 Å². The smallest absolute Gasteiger partial charge is 0.423 e. The number of nitrogens with two attached hydrogens (primary N) is 1. The van der Waals surface area contributed by atoms with E-state index < -0.39 is 13.0 Å². The highest BCUT2D eigenvalue weighted by Gasteiger charge is 2.10. The second-order valence-corrected chi connectivity index (χ2v) is 2.36. The molecule has 1 aromatic rings. The molecule has 0 saturated heterocycles. The Hall–Kier alpha value is -1.33. The molecule has 1 rings (SSSR count). The molecule has 0 aliphatic carbocycles. The van der Waals surface area contributed by atoms with Crippen LogP contribution in [-0.4, -0.2) is 23.1 Å². The van der Waals surface area contributed by atoms with E-state index in [9.17, 15) is 4.79 Å². The molecule has 68 valence electrons. The number of hydrogen-bond acceptors (Lipinski definition) is 3. The first kappa shape index (κ1) is 8.77. The Kier molecular flexibility index (Phi) is 2.47. The summed E-state index contributed by atoms with van der Waals surface area (Å²) in [5, 5.41) is 17.4. The van der Waals surface area contributed by atoms with Crippen molar-refractivity contribution in [3.05, 3.63) is 29.8 Å². The lowest BCUT2D eigenvalue weighted by molar-refractivity contribution is 0.100. The van der Waals surface area contributed by atoms with Crippen molar-refractivity contribution in [1.29, 1.82) is 0 Å². The van der Waals surface area contributed by atoms with E-state index in [0.29, 0.717) is 11.0 Å². The minimum Gasteiger partial charge on any atom is -0.423 e. The molecule has 12 heavy (non-hydrogen) atoms. The molecule has 0 heterocycles. The van der Waals surface area contributed by atoms with Gasteiger partial charge in [-0.1, -0.05) is 12.1 Å². The molecule has 0 aromatic heterocycles. The van der Waals surface area contributed by atoms with Gasteiger partial charge in [-0.25, -0.2) is 0 Å². The largest absolute Gasteiger partial charge is 0.488 e. The van der Waals surface area contributed by atoms with Gasteiger partial charge in [0.05, 0.1) is 0 Å². The Balaban J connectivity index is -0.000000480. The molecular weight excluding hydrogens is 157 g/mol. The number of benzene rings is 1. The number of rotatable bonds is 2. The Labute approximate surface area is 74.2 Å². The van der Waals surface area contributed by atoms with E-state index in [-0.39, 0.29) is 4.28 Å². The minimum atomic E-state index is -1.51. The van der Waals surface area contributed by atoms with Crippen molar-refractivity contribution >= 4 is 18.5 Å². The van der Waals surface area contributed by atoms with Gasteiger partial charge in [-0.3, -0.25) is 4.79 Å². The van der Waals surface area contributed by atoms with E-state index in [1.54, 1.807) is 0 Å². The minimum absolute atomic E-state index is 0. The Morgan fingerprint density at radius 2 is 1.83 bits per heavy atom. The second kappa shape index (κ2) is 3.38. The normalized spacial score (nSPS) is 9.50. The summed E-state index contributed by atoms with van der Waals surface area (Å²) in [7, 11) is -1.51. The number of hydrogen-bond donors (Lipinski definition) is 3. The van der Waals surface area contributed by atoms with Crippen LogP contribution in [0, 0.1) is 0 Å². The second-order valence-electron chi connectivity index (χ2n) is 2.36. The molecule has 1 amide bonds. The van der Waals surface area contributed by atoms with Crippen LogP contribution in [0.4, 0.5) is 0 Å². The SMILES string of the molecule is NC(=O)c1ccc(B(O)O)cc1.[HH].[HH].[HH]. The van der Waals surface area contributed by atoms with Gasteiger partial charge in [0.2, 0.25) is 5.91 Å². The fourth-order valence-corrected chi connectivity index (χ4v) is 0.820. The third kappa shape index (κ3) is 1.84. The highest BCUT2D eigenvalue weighted by atomic mass is 16.4. The predicted octanol–water partition coefficient (Wildman–Crippen LogP) is -0.797. The molecule has 0 aliphatic heterocycles. The average molecular weight is 171 g/mol. The maximum atomic E-state index is 10.6. The van der Waals surface area contributed by atoms with Crippen LogP contribution in [0.5, 0.6) is 0 Å². The summed E-state index contributed by atoms with van der Waals surface area (Å²) in [4.78, 5) is 10.6. The van der Waals surface area contributed by atoms with Crippen LogP contribution < -0.4 is 11.2 Å². The number of primary amides is 1. The molecule has 4 N–H and O–H groups in total. The van der Waals surface area contributed by atoms with Crippen LogP contribution in [0.1, 0.15) is 14.6 Å². The lowest BCUT2D eigenvalue weighted by atomic mass is 9.80. The zero-order valence-corrected chi connectivity index (χ0v) is 6.27. The Morgan fingerprint density at radius 3 is 2.17 bits per heavy atom. The quantitative estimate of drug-likeness (QED) is 0.509. The van der Waals surface area contributed by atoms with Crippen LogP contribution >= 0.6 is 0 Å². The first-order valence-corrected chi connectivity index (χ1v) is 3.37. The molecule has 0 bridgehead atoms. The van der Waals surface area contributed by atoms with Gasteiger partial charge in [0.15, 0.2) is 0 Å². The van der Waals surface area contributed by atoms with Gasteiger partial charge in [0.25, 0.3) is 0 Å². The van der Waals surface area contributed by atoms with Crippen molar-refractivity contribution in [1.82, 2.24) is 0 Å². The van der Waals surface area contributed by atoms with Gasteiger partial charge >= 0.3 is 7.12 Å². The molecule has 0 atom stereocenters. The summed E-state index contributed by atoms with van der Waals surface area (Å²) in [5.74, 6) is -0.533. The molecule has 0 aliphatic rings. The van der Waals surface area contributed by atoms with Crippen molar-refractivity contribution in [2.75, 3.05) is 0 Å². The Morgan fingerprint density at radius 1 is 1.33 bits per heavy atom. The third-order valence-corrected chi connectivity index (χ3v) is 1.49. The summed E-state index contributed by atoms with van der Waals surface area (Å²) >= 11 is 0. The standard InChI is InChI=1S/C7H8BNO3.3H2/c9-7(10)5-1-3-6(4-2-5)8(11)12;;;/h1-4,11-12H,(H2,9,10);3*1H. The van der Waals surface area contributed by atoms with Gasteiger partial charge in [0, 0.05) is 9.84 Å². The Bertz CT molecular complexity index is 294. The van der Waals surface area contributed by atoms with E-state index >= 15 is 0 Å². The number of amides is 1. The van der Waals surface area contributed by atoms with E-state index in [2.05, 4.69) is 0 Å². The van der Waals surface area contributed by atoms with Crippen molar-refractivity contribution in [3.8, 4) is 0 Å². The van der Waals surface area contributed by atoms with Gasteiger partial charge in [-0.05, 0) is 17.6 Å². The zero-order chi connectivity index (χ0) is 9.14. The molecule has 0 spiro atoms. The monoisotopic (exact) mass is 171 g/mol. The van der Waals surface area contributed by atoms with E-state index in [0.717, 1.165) is 0 Å². The van der Waals surface area contributed by atoms with Crippen molar-refractivity contribution in [2.24, 2.45) is 5.73 Å². The van der Waals surface area contributed by atoms with Crippen molar-refractivity contribution in [2.45, 2.75) is 0 Å². The summed E-state index contributed by atoms with van der Waals surface area (Å²) in [5.41, 5.74) is 5.66. The molecule has 4 nitrogen and oxygen atoms in total. The van der Waals surface area contributed by atoms with Crippen LogP contribution in [0.25, 0.3) is 0 Å². The van der Waals surface area contributed by atoms with Gasteiger partial charge in [-0.15, -0.1) is 0 Å². The topological polar surface area (TPSA) is 83.6 Å². The van der Waals surface area contributed by atoms with Crippen molar-refractivity contribution < 1.29 is 19.1 Å². The molecular formula is C7H14BNO3. The lowest BCUT2D eigenvalue weighted by Gasteiger charge is -1.99. The first-order valence-electron chi connectivity index (χ1n) is 3.37. The maximum Gasteiger partial charge on any atom is 0.488 e. The number of carbonyl (C=O) groups is 1. The van der Waals surface area contributed by atoms with Gasteiger partial charge in [-0.2, -0.15) is 0 Å².